The van der Waals surface area contributed by atoms with E-state index in [0.29, 0.717) is 0 Å². The Kier molecular flexibility index (Phi) is 5.18. The van der Waals surface area contributed by atoms with Gasteiger partial charge in [-0.25, -0.2) is 0 Å². The lowest BCUT2D eigenvalue weighted by Crippen LogP contribution is -1.87. The lowest BCUT2D eigenvalue weighted by Gasteiger charge is -2.03. The van der Waals surface area contributed by atoms with Crippen LogP contribution in [0.3, 0.4) is 0 Å². The second-order valence-corrected chi connectivity index (χ2v) is 2.90. The minimum Gasteiger partial charge on any atom is -0.508 e. The number of hydrogen-bond donors (Lipinski definition) is 1. The molecule has 0 radical (unpaired) electrons. The minimum absolute atomic E-state index is 0.193. The fraction of sp³-hybridized carbons (Fsp3) is 0.455. The summed E-state index contributed by atoms with van der Waals surface area (Å²) in [6.45, 7) is 9.60. The summed E-state index contributed by atoms with van der Waals surface area (Å²) in [6.07, 6.45) is 5.91. The number of allylic oxidation sites excluding steroid dienone is 4. The first-order chi connectivity index (χ1) is 5.61. The molecular weight excluding hydrogens is 148 g/mol. The standard InChI is InChI=1S/C11H18O/c1-5-7-11(10(4)12)8-9(3)6-2/h6,8,12H,4-5,7H2,1-3H3/b9-6-,11-8-. The van der Waals surface area contributed by atoms with Crippen molar-refractivity contribution in [3.05, 3.63) is 35.6 Å². The van der Waals surface area contributed by atoms with E-state index in [0.717, 1.165) is 24.0 Å². The van der Waals surface area contributed by atoms with Crippen molar-refractivity contribution in [3.63, 3.8) is 0 Å². The highest BCUT2D eigenvalue weighted by molar-refractivity contribution is 5.30. The number of hydrogen-bond acceptors (Lipinski definition) is 1. The molecule has 0 aromatic carbocycles. The second kappa shape index (κ2) is 5.64. The molecule has 1 nitrogen and oxygen atoms in total. The molecule has 0 heterocycles. The molecule has 1 N–H and O–H groups in total. The van der Waals surface area contributed by atoms with E-state index in [2.05, 4.69) is 13.5 Å². The van der Waals surface area contributed by atoms with Crippen molar-refractivity contribution in [2.24, 2.45) is 0 Å². The Bertz CT molecular complexity index is 209. The van der Waals surface area contributed by atoms with E-state index in [1.54, 1.807) is 0 Å². The van der Waals surface area contributed by atoms with Gasteiger partial charge in [0.15, 0.2) is 0 Å². The van der Waals surface area contributed by atoms with Gasteiger partial charge in [0.05, 0.1) is 0 Å². The molecular formula is C11H18O. The Hall–Kier alpha value is -0.980. The lowest BCUT2D eigenvalue weighted by molar-refractivity contribution is 0.421. The zero-order valence-electron chi connectivity index (χ0n) is 8.22. The van der Waals surface area contributed by atoms with Gasteiger partial charge in [0.1, 0.15) is 5.76 Å². The van der Waals surface area contributed by atoms with E-state index in [1.807, 2.05) is 26.0 Å². The van der Waals surface area contributed by atoms with Crippen LogP contribution in [-0.2, 0) is 0 Å². The van der Waals surface area contributed by atoms with Crippen molar-refractivity contribution in [2.75, 3.05) is 0 Å². The first-order valence-corrected chi connectivity index (χ1v) is 4.33. The smallest absolute Gasteiger partial charge is 0.111 e. The van der Waals surface area contributed by atoms with Gasteiger partial charge in [-0.2, -0.15) is 0 Å². The van der Waals surface area contributed by atoms with E-state index in [9.17, 15) is 5.11 Å². The summed E-state index contributed by atoms with van der Waals surface area (Å²) in [6, 6.07) is 0. The third-order valence-electron chi connectivity index (χ3n) is 1.75. The molecule has 0 aliphatic carbocycles. The Labute approximate surface area is 75.1 Å². The highest BCUT2D eigenvalue weighted by Crippen LogP contribution is 2.14. The molecule has 0 aliphatic rings. The third-order valence-corrected chi connectivity index (χ3v) is 1.75. The van der Waals surface area contributed by atoms with Crippen LogP contribution in [0, 0.1) is 0 Å². The Morgan fingerprint density at radius 1 is 1.50 bits per heavy atom. The minimum atomic E-state index is 0.193. The zero-order valence-corrected chi connectivity index (χ0v) is 8.22. The van der Waals surface area contributed by atoms with Crippen LogP contribution >= 0.6 is 0 Å². The molecule has 0 bridgehead atoms. The maximum atomic E-state index is 9.20. The van der Waals surface area contributed by atoms with E-state index >= 15 is 0 Å². The van der Waals surface area contributed by atoms with Crippen molar-refractivity contribution in [1.29, 1.82) is 0 Å². The van der Waals surface area contributed by atoms with Crippen LogP contribution in [0.1, 0.15) is 33.6 Å². The summed E-state index contributed by atoms with van der Waals surface area (Å²) in [4.78, 5) is 0. The quantitative estimate of drug-likeness (QED) is 0.498. The fourth-order valence-electron chi connectivity index (χ4n) is 0.927. The number of aliphatic hydroxyl groups is 1. The topological polar surface area (TPSA) is 20.2 Å². The first kappa shape index (κ1) is 11.0. The normalized spacial score (nSPS) is 13.2. The van der Waals surface area contributed by atoms with Crippen LogP contribution in [-0.4, -0.2) is 5.11 Å². The number of aliphatic hydroxyl groups excluding tert-OH is 1. The van der Waals surface area contributed by atoms with Gasteiger partial charge in [0.25, 0.3) is 0 Å². The maximum Gasteiger partial charge on any atom is 0.111 e. The molecule has 0 amide bonds. The van der Waals surface area contributed by atoms with Gasteiger partial charge >= 0.3 is 0 Å². The van der Waals surface area contributed by atoms with Gasteiger partial charge in [-0.05, 0) is 25.8 Å². The summed E-state index contributed by atoms with van der Waals surface area (Å²) in [5.74, 6) is 0.193. The predicted octanol–water partition coefficient (Wildman–Crippen LogP) is 3.75. The highest BCUT2D eigenvalue weighted by Gasteiger charge is 1.98. The summed E-state index contributed by atoms with van der Waals surface area (Å²) in [5, 5.41) is 9.20. The van der Waals surface area contributed by atoms with Gasteiger partial charge in [0, 0.05) is 0 Å². The maximum absolute atomic E-state index is 9.20. The summed E-state index contributed by atoms with van der Waals surface area (Å²) >= 11 is 0. The Morgan fingerprint density at radius 2 is 2.08 bits per heavy atom. The molecule has 0 aromatic rings. The van der Waals surface area contributed by atoms with Crippen molar-refractivity contribution in [3.8, 4) is 0 Å². The molecule has 0 spiro atoms. The van der Waals surface area contributed by atoms with Crippen LogP contribution in [0.2, 0.25) is 0 Å². The average Bonchev–Trinajstić information content (AvgIpc) is 2.03. The Balaban J connectivity index is 4.49. The van der Waals surface area contributed by atoms with Crippen LogP contribution in [0.15, 0.2) is 35.6 Å². The van der Waals surface area contributed by atoms with Crippen LogP contribution in [0.25, 0.3) is 0 Å². The van der Waals surface area contributed by atoms with Crippen molar-refractivity contribution < 1.29 is 5.11 Å². The molecule has 0 saturated carbocycles. The van der Waals surface area contributed by atoms with Crippen molar-refractivity contribution in [1.82, 2.24) is 0 Å². The highest BCUT2D eigenvalue weighted by atomic mass is 16.3. The fourth-order valence-corrected chi connectivity index (χ4v) is 0.927. The molecule has 0 aromatic heterocycles. The SMILES string of the molecule is C=C(O)/C(=C\C(C)=C/C)CCC. The first-order valence-electron chi connectivity index (χ1n) is 4.33. The molecule has 68 valence electrons. The monoisotopic (exact) mass is 166 g/mol. The van der Waals surface area contributed by atoms with Gasteiger partial charge in [-0.15, -0.1) is 0 Å². The summed E-state index contributed by atoms with van der Waals surface area (Å²) < 4.78 is 0. The van der Waals surface area contributed by atoms with E-state index < -0.39 is 0 Å². The molecule has 0 unspecified atom stereocenters. The molecule has 0 fully saturated rings. The van der Waals surface area contributed by atoms with Gasteiger partial charge in [0.2, 0.25) is 0 Å². The number of rotatable bonds is 4. The molecule has 0 atom stereocenters. The van der Waals surface area contributed by atoms with Crippen LogP contribution < -0.4 is 0 Å². The molecule has 0 rings (SSSR count). The van der Waals surface area contributed by atoms with Crippen molar-refractivity contribution in [2.45, 2.75) is 33.6 Å². The van der Waals surface area contributed by atoms with Gasteiger partial charge < -0.3 is 5.11 Å². The zero-order chi connectivity index (χ0) is 9.56. The van der Waals surface area contributed by atoms with E-state index in [-0.39, 0.29) is 5.76 Å². The van der Waals surface area contributed by atoms with E-state index in [4.69, 9.17) is 0 Å². The van der Waals surface area contributed by atoms with Gasteiger partial charge in [-0.3, -0.25) is 0 Å². The molecule has 12 heavy (non-hydrogen) atoms. The largest absolute Gasteiger partial charge is 0.508 e. The second-order valence-electron chi connectivity index (χ2n) is 2.90. The van der Waals surface area contributed by atoms with Crippen molar-refractivity contribution >= 4 is 0 Å². The van der Waals surface area contributed by atoms with E-state index in [1.165, 1.54) is 0 Å². The lowest BCUT2D eigenvalue weighted by atomic mass is 10.1. The van der Waals surface area contributed by atoms with Crippen LogP contribution in [0.4, 0.5) is 0 Å². The summed E-state index contributed by atoms with van der Waals surface area (Å²) in [5.41, 5.74) is 2.10. The third kappa shape index (κ3) is 4.02. The molecule has 0 aliphatic heterocycles. The van der Waals surface area contributed by atoms with Crippen LogP contribution in [0.5, 0.6) is 0 Å². The van der Waals surface area contributed by atoms with Gasteiger partial charge in [-0.1, -0.05) is 37.6 Å². The average molecular weight is 166 g/mol. The molecule has 1 heteroatoms. The Morgan fingerprint density at radius 3 is 2.42 bits per heavy atom. The molecule has 0 saturated heterocycles. The predicted molar refractivity (Wildman–Crippen MR) is 54.2 cm³/mol. The summed E-state index contributed by atoms with van der Waals surface area (Å²) in [7, 11) is 0.